The van der Waals surface area contributed by atoms with E-state index >= 15 is 0 Å². The SMILES string of the molecule is O=C1NC2CCCN1C2.O=CNCC(=O)NNC(=O)Cc1ccc(OCC2CCCN2)cc1. The van der Waals surface area contributed by atoms with E-state index in [0.717, 1.165) is 37.4 Å². The lowest BCUT2D eigenvalue weighted by molar-refractivity contribution is -0.128. The molecule has 3 saturated heterocycles. The van der Waals surface area contributed by atoms with Crippen LogP contribution in [0.4, 0.5) is 4.79 Å². The lowest BCUT2D eigenvalue weighted by atomic mass is 10.1. The molecule has 3 aliphatic heterocycles. The first kappa shape index (κ1) is 24.3. The Kier molecular flexibility index (Phi) is 9.31. The van der Waals surface area contributed by atoms with Gasteiger partial charge in [0.1, 0.15) is 12.4 Å². The molecule has 1 aromatic carbocycles. The zero-order valence-electron chi connectivity index (χ0n) is 18.6. The minimum atomic E-state index is -0.500. The predicted molar refractivity (Wildman–Crippen MR) is 120 cm³/mol. The molecule has 1 aromatic rings. The Morgan fingerprint density at radius 3 is 2.58 bits per heavy atom. The number of carbonyl (C=O) groups is 4. The van der Waals surface area contributed by atoms with E-state index in [1.807, 2.05) is 29.2 Å². The topological polar surface area (TPSA) is 141 Å². The Balaban J connectivity index is 0.000000280. The number of hydrogen-bond donors (Lipinski definition) is 5. The van der Waals surface area contributed by atoms with Gasteiger partial charge in [0.05, 0.1) is 13.0 Å². The molecule has 3 heterocycles. The van der Waals surface area contributed by atoms with Gasteiger partial charge in [-0.3, -0.25) is 25.2 Å². The van der Waals surface area contributed by atoms with Gasteiger partial charge in [-0.2, -0.15) is 0 Å². The van der Waals surface area contributed by atoms with Crippen molar-refractivity contribution in [3.05, 3.63) is 29.8 Å². The maximum atomic E-state index is 11.7. The monoisotopic (exact) mass is 460 g/mol. The van der Waals surface area contributed by atoms with Crippen molar-refractivity contribution in [1.82, 2.24) is 31.7 Å². The molecule has 2 unspecified atom stereocenters. The molecular formula is C22H32N6O5. The molecule has 2 atom stereocenters. The highest BCUT2D eigenvalue weighted by Gasteiger charge is 2.31. The highest BCUT2D eigenvalue weighted by Crippen LogP contribution is 2.16. The number of carbonyl (C=O) groups excluding carboxylic acids is 4. The van der Waals surface area contributed by atoms with Crippen molar-refractivity contribution >= 4 is 24.3 Å². The van der Waals surface area contributed by atoms with E-state index in [4.69, 9.17) is 4.74 Å². The van der Waals surface area contributed by atoms with Crippen LogP contribution in [-0.4, -0.2) is 74.0 Å². The van der Waals surface area contributed by atoms with Crippen molar-refractivity contribution in [2.45, 2.75) is 44.2 Å². The summed E-state index contributed by atoms with van der Waals surface area (Å²) >= 11 is 0. The number of hydrazine groups is 1. The Morgan fingerprint density at radius 1 is 1.12 bits per heavy atom. The Hall–Kier alpha value is -3.34. The maximum Gasteiger partial charge on any atom is 0.317 e. The summed E-state index contributed by atoms with van der Waals surface area (Å²) in [6.07, 6.45) is 5.20. The fourth-order valence-electron chi connectivity index (χ4n) is 3.89. The first-order valence-corrected chi connectivity index (χ1v) is 11.3. The number of urea groups is 1. The highest BCUT2D eigenvalue weighted by atomic mass is 16.5. The Bertz CT molecular complexity index is 812. The zero-order chi connectivity index (χ0) is 23.5. The van der Waals surface area contributed by atoms with Crippen LogP contribution in [-0.2, 0) is 20.8 Å². The van der Waals surface area contributed by atoms with Crippen molar-refractivity contribution in [1.29, 1.82) is 0 Å². The standard InChI is InChI=1S/C16H22N4O4.C6H10N2O/c21-11-17-9-16(23)20-19-15(22)8-12-3-5-14(6-4-12)24-10-13-2-1-7-18-13;9-6-7-5-2-1-3-8(6)4-5/h3-6,11,13,18H,1-2,7-10H2,(H,17,21)(H,19,22)(H,20,23);5H,1-4H2,(H,7,9). The minimum Gasteiger partial charge on any atom is -0.492 e. The molecule has 0 spiro atoms. The molecule has 5 N–H and O–H groups in total. The number of piperidine rings is 1. The van der Waals surface area contributed by atoms with Crippen LogP contribution >= 0.6 is 0 Å². The number of rotatable bonds is 8. The van der Waals surface area contributed by atoms with Gasteiger partial charge in [0.25, 0.3) is 5.91 Å². The van der Waals surface area contributed by atoms with E-state index in [0.29, 0.717) is 25.1 Å². The minimum absolute atomic E-state index is 0.131. The van der Waals surface area contributed by atoms with Crippen LogP contribution in [0.15, 0.2) is 24.3 Å². The number of hydrogen-bond acceptors (Lipinski definition) is 6. The molecule has 3 fully saturated rings. The van der Waals surface area contributed by atoms with Gasteiger partial charge in [-0.05, 0) is 49.9 Å². The van der Waals surface area contributed by atoms with Gasteiger partial charge in [0, 0.05) is 25.2 Å². The van der Waals surface area contributed by atoms with Gasteiger partial charge >= 0.3 is 6.03 Å². The summed E-state index contributed by atoms with van der Waals surface area (Å²) in [5, 5.41) is 8.46. The summed E-state index contributed by atoms with van der Waals surface area (Å²) in [4.78, 5) is 45.7. The molecule has 0 aliphatic carbocycles. The van der Waals surface area contributed by atoms with Gasteiger partial charge in [-0.1, -0.05) is 12.1 Å². The van der Waals surface area contributed by atoms with Gasteiger partial charge < -0.3 is 25.6 Å². The second-order valence-corrected chi connectivity index (χ2v) is 8.25. The normalized spacial score (nSPS) is 20.7. The molecule has 180 valence electrons. The average Bonchev–Trinajstić information content (AvgIpc) is 3.43. The number of benzene rings is 1. The van der Waals surface area contributed by atoms with Crippen LogP contribution < -0.4 is 31.5 Å². The molecule has 11 nitrogen and oxygen atoms in total. The largest absolute Gasteiger partial charge is 0.492 e. The molecule has 2 bridgehead atoms. The van der Waals surface area contributed by atoms with Gasteiger partial charge in [0.15, 0.2) is 0 Å². The van der Waals surface area contributed by atoms with E-state index in [1.165, 1.54) is 19.3 Å². The lowest BCUT2D eigenvalue weighted by Crippen LogP contribution is -2.45. The molecule has 4 rings (SSSR count). The zero-order valence-corrected chi connectivity index (χ0v) is 18.6. The maximum absolute atomic E-state index is 11.7. The van der Waals surface area contributed by atoms with Gasteiger partial charge in [-0.25, -0.2) is 4.79 Å². The highest BCUT2D eigenvalue weighted by molar-refractivity contribution is 5.84. The molecule has 0 aromatic heterocycles. The Labute approximate surface area is 192 Å². The van der Waals surface area contributed by atoms with E-state index in [9.17, 15) is 19.2 Å². The number of nitrogens with one attached hydrogen (secondary N) is 5. The number of fused-ring (bicyclic) bond motifs is 2. The van der Waals surface area contributed by atoms with E-state index in [-0.39, 0.29) is 24.9 Å². The smallest absolute Gasteiger partial charge is 0.317 e. The molecule has 33 heavy (non-hydrogen) atoms. The lowest BCUT2D eigenvalue weighted by Gasteiger charge is -2.18. The fourth-order valence-corrected chi connectivity index (χ4v) is 3.89. The first-order valence-electron chi connectivity index (χ1n) is 11.3. The third kappa shape index (κ3) is 8.26. The van der Waals surface area contributed by atoms with E-state index in [1.54, 1.807) is 0 Å². The molecule has 5 amide bonds. The average molecular weight is 461 g/mol. The van der Waals surface area contributed by atoms with Gasteiger partial charge in [0.2, 0.25) is 12.3 Å². The summed E-state index contributed by atoms with van der Waals surface area (Å²) in [7, 11) is 0. The summed E-state index contributed by atoms with van der Waals surface area (Å²) in [6, 6.07) is 8.28. The molecular weight excluding hydrogens is 428 g/mol. The molecule has 3 aliphatic rings. The van der Waals surface area contributed by atoms with Crippen molar-refractivity contribution in [2.75, 3.05) is 32.8 Å². The van der Waals surface area contributed by atoms with E-state index < -0.39 is 5.91 Å². The van der Waals surface area contributed by atoms with Crippen molar-refractivity contribution < 1.29 is 23.9 Å². The summed E-state index contributed by atoms with van der Waals surface area (Å²) < 4.78 is 5.71. The predicted octanol–water partition coefficient (Wildman–Crippen LogP) is -0.573. The third-order valence-corrected chi connectivity index (χ3v) is 5.63. The summed E-state index contributed by atoms with van der Waals surface area (Å²) in [5.41, 5.74) is 5.30. The fraction of sp³-hybridized carbons (Fsp3) is 0.545. The van der Waals surface area contributed by atoms with Crippen LogP contribution in [0.25, 0.3) is 0 Å². The summed E-state index contributed by atoms with van der Waals surface area (Å²) in [6.45, 7) is 3.40. The molecule has 0 saturated carbocycles. The quantitative estimate of drug-likeness (QED) is 0.260. The van der Waals surface area contributed by atoms with Crippen molar-refractivity contribution in [3.63, 3.8) is 0 Å². The summed E-state index contributed by atoms with van der Waals surface area (Å²) in [5.74, 6) is -0.0842. The first-order chi connectivity index (χ1) is 16.0. The van der Waals surface area contributed by atoms with Crippen molar-refractivity contribution in [2.24, 2.45) is 0 Å². The molecule has 0 radical (unpaired) electrons. The molecule has 11 heteroatoms. The van der Waals surface area contributed by atoms with Crippen LogP contribution in [0.3, 0.4) is 0 Å². The van der Waals surface area contributed by atoms with Crippen LogP contribution in [0.5, 0.6) is 5.75 Å². The number of nitrogens with zero attached hydrogens (tertiary/aromatic N) is 1. The van der Waals surface area contributed by atoms with Crippen LogP contribution in [0, 0.1) is 0 Å². The van der Waals surface area contributed by atoms with Crippen molar-refractivity contribution in [3.8, 4) is 5.75 Å². The van der Waals surface area contributed by atoms with E-state index in [2.05, 4.69) is 26.8 Å². The second kappa shape index (κ2) is 12.6. The van der Waals surface area contributed by atoms with Crippen LogP contribution in [0.1, 0.15) is 31.2 Å². The number of ether oxygens (including phenoxy) is 1. The second-order valence-electron chi connectivity index (χ2n) is 8.25. The van der Waals surface area contributed by atoms with Crippen LogP contribution in [0.2, 0.25) is 0 Å². The Morgan fingerprint density at radius 2 is 1.91 bits per heavy atom. The van der Waals surface area contributed by atoms with Gasteiger partial charge in [-0.15, -0.1) is 0 Å². The third-order valence-electron chi connectivity index (χ3n) is 5.63. The number of amides is 5.